The van der Waals surface area contributed by atoms with Crippen molar-refractivity contribution in [1.82, 2.24) is 5.32 Å². The van der Waals surface area contributed by atoms with Crippen molar-refractivity contribution in [3.63, 3.8) is 0 Å². The van der Waals surface area contributed by atoms with Crippen LogP contribution < -0.4 is 10.2 Å². The number of rotatable bonds is 8. The molecule has 2 fully saturated rings. The van der Waals surface area contributed by atoms with Crippen molar-refractivity contribution in [2.45, 2.75) is 51.6 Å². The fraction of sp³-hybridized carbons (Fsp3) is 0.647. The van der Waals surface area contributed by atoms with E-state index in [-0.39, 0.29) is 5.82 Å². The molecule has 2 aliphatic rings. The smallest absolute Gasteiger partial charge is 0.146 e. The van der Waals surface area contributed by atoms with Crippen molar-refractivity contribution >= 4 is 5.69 Å². The average Bonchev–Trinajstić information content (AvgIpc) is 3.31. The number of nitrogens with one attached hydrogen (secondary N) is 1. The lowest BCUT2D eigenvalue weighted by molar-refractivity contribution is 0.599. The minimum Gasteiger partial charge on any atom is -0.369 e. The number of hydrogen-bond acceptors (Lipinski definition) is 2. The summed E-state index contributed by atoms with van der Waals surface area (Å²) >= 11 is 0. The molecule has 0 saturated heterocycles. The summed E-state index contributed by atoms with van der Waals surface area (Å²) in [5, 5.41) is 3.51. The van der Waals surface area contributed by atoms with Gasteiger partial charge in [-0.1, -0.05) is 19.1 Å². The monoisotopic (exact) mass is 276 g/mol. The molecular weight excluding hydrogens is 251 g/mol. The third-order valence-electron chi connectivity index (χ3n) is 4.21. The predicted octanol–water partition coefficient (Wildman–Crippen LogP) is 3.70. The molecule has 2 nitrogen and oxygen atoms in total. The zero-order valence-electron chi connectivity index (χ0n) is 12.4. The van der Waals surface area contributed by atoms with Gasteiger partial charge in [0.15, 0.2) is 0 Å². The third kappa shape index (κ3) is 3.51. The summed E-state index contributed by atoms with van der Waals surface area (Å²) in [7, 11) is 0. The Labute approximate surface area is 121 Å². The quantitative estimate of drug-likeness (QED) is 0.779. The Kier molecular flexibility index (Phi) is 4.25. The van der Waals surface area contributed by atoms with Crippen molar-refractivity contribution < 1.29 is 4.39 Å². The van der Waals surface area contributed by atoms with Gasteiger partial charge in [-0.2, -0.15) is 0 Å². The molecule has 0 radical (unpaired) electrons. The molecule has 2 aliphatic carbocycles. The highest BCUT2D eigenvalue weighted by atomic mass is 19.1. The first kappa shape index (κ1) is 13.9. The number of hydrogen-bond donors (Lipinski definition) is 1. The van der Waals surface area contributed by atoms with Crippen LogP contribution in [0.25, 0.3) is 0 Å². The van der Waals surface area contributed by atoms with Gasteiger partial charge in [-0.05, 0) is 49.7 Å². The molecule has 0 spiro atoms. The van der Waals surface area contributed by atoms with E-state index >= 15 is 0 Å². The average molecular weight is 276 g/mol. The summed E-state index contributed by atoms with van der Waals surface area (Å²) in [6.45, 7) is 4.94. The highest BCUT2D eigenvalue weighted by Crippen LogP contribution is 2.34. The van der Waals surface area contributed by atoms with Crippen LogP contribution in [0.3, 0.4) is 0 Å². The van der Waals surface area contributed by atoms with Crippen LogP contribution in [0.4, 0.5) is 10.1 Å². The second-order valence-corrected chi connectivity index (χ2v) is 6.29. The second kappa shape index (κ2) is 6.13. The van der Waals surface area contributed by atoms with Crippen LogP contribution in [0.15, 0.2) is 18.2 Å². The van der Waals surface area contributed by atoms with Gasteiger partial charge in [0, 0.05) is 25.7 Å². The zero-order chi connectivity index (χ0) is 13.9. The summed E-state index contributed by atoms with van der Waals surface area (Å²) < 4.78 is 14.4. The van der Waals surface area contributed by atoms with Gasteiger partial charge >= 0.3 is 0 Å². The van der Waals surface area contributed by atoms with E-state index in [9.17, 15) is 4.39 Å². The molecule has 0 amide bonds. The second-order valence-electron chi connectivity index (χ2n) is 6.29. The minimum atomic E-state index is -0.0609. The van der Waals surface area contributed by atoms with Crippen molar-refractivity contribution in [2.24, 2.45) is 5.92 Å². The highest BCUT2D eigenvalue weighted by Gasteiger charge is 2.27. The van der Waals surface area contributed by atoms with Gasteiger partial charge in [-0.25, -0.2) is 4.39 Å². The van der Waals surface area contributed by atoms with E-state index in [0.717, 1.165) is 43.2 Å². The van der Waals surface area contributed by atoms with Gasteiger partial charge in [0.05, 0.1) is 5.69 Å². The Morgan fingerprint density at radius 1 is 1.25 bits per heavy atom. The maximum atomic E-state index is 14.4. The molecule has 110 valence electrons. The van der Waals surface area contributed by atoms with Crippen LogP contribution in [0, 0.1) is 11.7 Å². The van der Waals surface area contributed by atoms with Crippen molar-refractivity contribution in [3.05, 3.63) is 29.6 Å². The van der Waals surface area contributed by atoms with Crippen LogP contribution in [0.5, 0.6) is 0 Å². The largest absolute Gasteiger partial charge is 0.369 e. The first-order valence-corrected chi connectivity index (χ1v) is 8.03. The van der Waals surface area contributed by atoms with Crippen molar-refractivity contribution in [1.29, 1.82) is 0 Å². The van der Waals surface area contributed by atoms with Gasteiger partial charge in [0.2, 0.25) is 0 Å². The summed E-state index contributed by atoms with van der Waals surface area (Å²) in [4.78, 5) is 2.27. The van der Waals surface area contributed by atoms with Gasteiger partial charge in [0.25, 0.3) is 0 Å². The molecule has 3 heteroatoms. The van der Waals surface area contributed by atoms with Gasteiger partial charge in [-0.15, -0.1) is 0 Å². The molecule has 0 bridgehead atoms. The molecule has 0 aliphatic heterocycles. The molecule has 1 aromatic rings. The third-order valence-corrected chi connectivity index (χ3v) is 4.21. The molecular formula is C17H25FN2. The fourth-order valence-electron chi connectivity index (χ4n) is 2.77. The van der Waals surface area contributed by atoms with Crippen molar-refractivity contribution in [3.8, 4) is 0 Å². The summed E-state index contributed by atoms with van der Waals surface area (Å²) in [6.07, 6.45) is 6.22. The normalized spacial score (nSPS) is 18.3. The number of benzene rings is 1. The fourth-order valence-corrected chi connectivity index (χ4v) is 2.77. The number of para-hydroxylation sites is 1. The van der Waals surface area contributed by atoms with Crippen LogP contribution in [-0.2, 0) is 6.54 Å². The Balaban J connectivity index is 1.78. The van der Waals surface area contributed by atoms with E-state index in [2.05, 4.69) is 23.2 Å². The van der Waals surface area contributed by atoms with Crippen molar-refractivity contribution in [2.75, 3.05) is 18.0 Å². The molecule has 0 aromatic heterocycles. The standard InChI is InChI=1S/C17H25FN2/c1-2-10-20(12-13-6-7-13)17-14(4-3-5-16(17)18)11-19-15-8-9-15/h3-5,13,15,19H,2,6-12H2,1H3. The molecule has 1 aromatic carbocycles. The Bertz CT molecular complexity index is 452. The van der Waals surface area contributed by atoms with Crippen LogP contribution >= 0.6 is 0 Å². The Morgan fingerprint density at radius 2 is 2.05 bits per heavy atom. The van der Waals surface area contributed by atoms with Gasteiger partial charge < -0.3 is 10.2 Å². The van der Waals surface area contributed by atoms with Crippen LogP contribution in [0.2, 0.25) is 0 Å². The Morgan fingerprint density at radius 3 is 2.70 bits per heavy atom. The first-order chi connectivity index (χ1) is 9.78. The lowest BCUT2D eigenvalue weighted by Gasteiger charge is -2.27. The number of anilines is 1. The highest BCUT2D eigenvalue weighted by molar-refractivity contribution is 5.55. The summed E-state index contributed by atoms with van der Waals surface area (Å²) in [5.41, 5.74) is 1.96. The zero-order valence-corrected chi connectivity index (χ0v) is 12.4. The summed E-state index contributed by atoms with van der Waals surface area (Å²) in [5.74, 6) is 0.722. The van der Waals surface area contributed by atoms with E-state index in [1.807, 2.05) is 6.07 Å². The predicted molar refractivity (Wildman–Crippen MR) is 81.5 cm³/mol. The van der Waals surface area contributed by atoms with E-state index in [0.29, 0.717) is 6.04 Å². The lowest BCUT2D eigenvalue weighted by Crippen LogP contribution is -2.29. The van der Waals surface area contributed by atoms with Gasteiger partial charge in [-0.3, -0.25) is 0 Å². The molecule has 0 atom stereocenters. The number of halogens is 1. The summed E-state index contributed by atoms with van der Waals surface area (Å²) in [6, 6.07) is 6.17. The minimum absolute atomic E-state index is 0.0609. The maximum absolute atomic E-state index is 14.4. The molecule has 0 heterocycles. The van der Waals surface area contributed by atoms with Crippen LogP contribution in [-0.4, -0.2) is 19.1 Å². The van der Waals surface area contributed by atoms with E-state index < -0.39 is 0 Å². The van der Waals surface area contributed by atoms with E-state index in [1.165, 1.54) is 25.7 Å². The first-order valence-electron chi connectivity index (χ1n) is 8.03. The van der Waals surface area contributed by atoms with E-state index in [4.69, 9.17) is 0 Å². The SMILES string of the molecule is CCCN(CC1CC1)c1c(F)cccc1CNC1CC1. The topological polar surface area (TPSA) is 15.3 Å². The van der Waals surface area contributed by atoms with E-state index in [1.54, 1.807) is 6.07 Å². The van der Waals surface area contributed by atoms with Gasteiger partial charge in [0.1, 0.15) is 5.82 Å². The number of nitrogens with zero attached hydrogens (tertiary/aromatic N) is 1. The lowest BCUT2D eigenvalue weighted by atomic mass is 10.1. The molecule has 0 unspecified atom stereocenters. The van der Waals surface area contributed by atoms with Crippen LogP contribution in [0.1, 0.15) is 44.6 Å². The maximum Gasteiger partial charge on any atom is 0.146 e. The molecule has 3 rings (SSSR count). The molecule has 20 heavy (non-hydrogen) atoms. The Hall–Kier alpha value is -1.09. The molecule has 2 saturated carbocycles. The molecule has 1 N–H and O–H groups in total.